The largest absolute Gasteiger partial charge is 0.310 e. The molecule has 0 atom stereocenters. The molecule has 9 aromatic rings. The average Bonchev–Trinajstić information content (AvgIpc) is 3.81. The molecule has 0 saturated heterocycles. The van der Waals surface area contributed by atoms with E-state index in [1.54, 1.807) is 0 Å². The number of para-hydroxylation sites is 6. The molecule has 0 amide bonds. The van der Waals surface area contributed by atoms with E-state index >= 15 is 0 Å². The van der Waals surface area contributed by atoms with Gasteiger partial charge in [-0.3, -0.25) is 9.13 Å². The number of aromatic nitrogens is 4. The van der Waals surface area contributed by atoms with Crippen molar-refractivity contribution in [3.05, 3.63) is 188 Å². The highest BCUT2D eigenvalue weighted by Gasteiger charge is 2.36. The maximum atomic E-state index is 5.27. The van der Waals surface area contributed by atoms with E-state index in [0.29, 0.717) is 0 Å². The Kier molecular flexibility index (Phi) is 8.78. The number of fused-ring (bicyclic) bond motifs is 2. The minimum atomic E-state index is -1.47. The molecule has 2 heterocycles. The van der Waals surface area contributed by atoms with Crippen molar-refractivity contribution < 1.29 is 0 Å². The zero-order chi connectivity index (χ0) is 38.4. The fourth-order valence-corrected chi connectivity index (χ4v) is 8.62. The summed E-state index contributed by atoms with van der Waals surface area (Å²) < 4.78 is 4.56. The average molecular weight is 744 g/mol. The van der Waals surface area contributed by atoms with Crippen LogP contribution < -0.4 is 4.90 Å². The van der Waals surface area contributed by atoms with Crippen LogP contribution in [0.25, 0.3) is 56.2 Å². The van der Waals surface area contributed by atoms with E-state index in [-0.39, 0.29) is 5.04 Å². The molecular formula is C50H45N5Si. The summed E-state index contributed by atoms with van der Waals surface area (Å²) in [4.78, 5) is 12.8. The lowest BCUT2D eigenvalue weighted by Gasteiger charge is -2.38. The maximum absolute atomic E-state index is 5.27. The highest BCUT2D eigenvalue weighted by Crippen LogP contribution is 2.40. The van der Waals surface area contributed by atoms with Gasteiger partial charge in [-0.15, -0.1) is 0 Å². The number of rotatable bonds is 9. The summed E-state index contributed by atoms with van der Waals surface area (Å²) in [6.07, 6.45) is 0. The predicted molar refractivity (Wildman–Crippen MR) is 238 cm³/mol. The van der Waals surface area contributed by atoms with Crippen LogP contribution in [0.15, 0.2) is 182 Å². The summed E-state index contributed by atoms with van der Waals surface area (Å²) in [6.45, 7) is 12.1. The molecule has 56 heavy (non-hydrogen) atoms. The van der Waals surface area contributed by atoms with Gasteiger partial charge >= 0.3 is 0 Å². The van der Waals surface area contributed by atoms with Crippen LogP contribution in [0.1, 0.15) is 19.4 Å². The quantitative estimate of drug-likeness (QED) is 0.138. The summed E-state index contributed by atoms with van der Waals surface area (Å²) >= 11 is 0. The number of hydrogen-bond acceptors (Lipinski definition) is 3. The Balaban J connectivity index is 1.18. The van der Waals surface area contributed by atoms with E-state index < -0.39 is 8.07 Å². The van der Waals surface area contributed by atoms with Crippen LogP contribution >= 0.6 is 0 Å². The van der Waals surface area contributed by atoms with E-state index in [4.69, 9.17) is 9.97 Å². The molecule has 9 rings (SSSR count). The second kappa shape index (κ2) is 14.0. The molecule has 0 bridgehead atoms. The third-order valence-electron chi connectivity index (χ3n) is 11.6. The normalized spacial score (nSPS) is 12.0. The topological polar surface area (TPSA) is 38.9 Å². The van der Waals surface area contributed by atoms with Crippen LogP contribution in [0.3, 0.4) is 0 Å². The first kappa shape index (κ1) is 35.2. The summed E-state index contributed by atoms with van der Waals surface area (Å²) in [5, 5.41) is 0.145. The van der Waals surface area contributed by atoms with Crippen LogP contribution in [0.4, 0.5) is 17.1 Å². The first-order chi connectivity index (χ1) is 27.2. The highest BCUT2D eigenvalue weighted by molar-refractivity contribution is 6.78. The van der Waals surface area contributed by atoms with Gasteiger partial charge in [0.25, 0.3) is 0 Å². The molecule has 0 aliphatic carbocycles. The molecule has 0 unspecified atom stereocenters. The maximum Gasteiger partial charge on any atom is 0.145 e. The standard InChI is InChI=1S/C50H45N5Si/c1-50(2,56(3,4)5)38-30-32-41(33-31-38)55-47-29-15-13-27-45(47)52-49(55)37-19-17-25-43(35-37)53(39-20-8-6-9-21-39)42-24-16-18-36(34-42)48-51-44-26-12-14-28-46(44)54(48)40-22-10-7-11-23-40/h6-35H,1-5H3. The summed E-state index contributed by atoms with van der Waals surface area (Å²) in [7, 11) is -1.47. The van der Waals surface area contributed by atoms with E-state index in [9.17, 15) is 0 Å². The molecule has 0 aliphatic heterocycles. The fraction of sp³-hybridized carbons (Fsp3) is 0.120. The van der Waals surface area contributed by atoms with Crippen molar-refractivity contribution in [2.24, 2.45) is 0 Å². The lowest BCUT2D eigenvalue weighted by atomic mass is 10.0. The first-order valence-corrected chi connectivity index (χ1v) is 22.8. The number of nitrogens with zero attached hydrogens (tertiary/aromatic N) is 5. The van der Waals surface area contributed by atoms with Crippen molar-refractivity contribution in [2.45, 2.75) is 38.5 Å². The van der Waals surface area contributed by atoms with Crippen molar-refractivity contribution in [1.29, 1.82) is 0 Å². The predicted octanol–water partition coefficient (Wildman–Crippen LogP) is 13.3. The highest BCUT2D eigenvalue weighted by atomic mass is 28.3. The van der Waals surface area contributed by atoms with Gasteiger partial charge in [-0.2, -0.15) is 0 Å². The Labute approximate surface area is 330 Å². The smallest absolute Gasteiger partial charge is 0.145 e. The summed E-state index contributed by atoms with van der Waals surface area (Å²) in [5.74, 6) is 1.80. The van der Waals surface area contributed by atoms with Crippen LogP contribution in [0, 0.1) is 0 Å². The van der Waals surface area contributed by atoms with E-state index in [2.05, 4.69) is 223 Å². The third kappa shape index (κ3) is 6.22. The number of imidazole rings is 2. The molecule has 0 radical (unpaired) electrons. The summed E-state index contributed by atoms with van der Waals surface area (Å²) in [5.41, 5.74) is 12.8. The van der Waals surface area contributed by atoms with Gasteiger partial charge in [0.15, 0.2) is 0 Å². The Morgan fingerprint density at radius 2 is 0.875 bits per heavy atom. The number of benzene rings is 7. The van der Waals surface area contributed by atoms with Crippen molar-refractivity contribution in [3.8, 4) is 34.2 Å². The molecule has 0 aliphatic rings. The van der Waals surface area contributed by atoms with Crippen LogP contribution in [-0.4, -0.2) is 27.2 Å². The Morgan fingerprint density at radius 3 is 1.38 bits per heavy atom. The number of anilines is 3. The molecule has 0 saturated carbocycles. The molecule has 2 aromatic heterocycles. The van der Waals surface area contributed by atoms with Crippen molar-refractivity contribution in [2.75, 3.05) is 4.90 Å². The van der Waals surface area contributed by atoms with Crippen LogP contribution in [-0.2, 0) is 5.04 Å². The molecule has 7 aromatic carbocycles. The van der Waals surface area contributed by atoms with Crippen molar-refractivity contribution >= 4 is 47.2 Å². The molecule has 0 N–H and O–H groups in total. The molecule has 274 valence electrons. The molecule has 0 spiro atoms. The third-order valence-corrected chi connectivity index (χ3v) is 15.6. The van der Waals surface area contributed by atoms with Crippen molar-refractivity contribution in [1.82, 2.24) is 19.1 Å². The van der Waals surface area contributed by atoms with Crippen LogP contribution in [0.2, 0.25) is 19.6 Å². The zero-order valence-electron chi connectivity index (χ0n) is 32.6. The van der Waals surface area contributed by atoms with Gasteiger partial charge in [0.05, 0.1) is 30.1 Å². The Hall–Kier alpha value is -6.50. The minimum absolute atomic E-state index is 0.145. The first-order valence-electron chi connectivity index (χ1n) is 19.3. The zero-order valence-corrected chi connectivity index (χ0v) is 33.6. The van der Waals surface area contributed by atoms with Gasteiger partial charge < -0.3 is 4.90 Å². The number of hydrogen-bond donors (Lipinski definition) is 0. The molecule has 0 fully saturated rings. The second-order valence-corrected chi connectivity index (χ2v) is 21.8. The molecule has 5 nitrogen and oxygen atoms in total. The van der Waals surface area contributed by atoms with Gasteiger partial charge in [-0.25, -0.2) is 9.97 Å². The SMILES string of the molecule is CC(C)(c1ccc(-n2c(-c3cccc(N(c4ccccc4)c4cccc(-c5nc6ccccc6n5-c5ccccc5)c4)c3)nc3ccccc32)cc1)[Si](C)(C)C. The van der Waals surface area contributed by atoms with E-state index in [1.807, 2.05) is 6.07 Å². The van der Waals surface area contributed by atoms with Gasteiger partial charge in [-0.05, 0) is 95.5 Å². The van der Waals surface area contributed by atoms with E-state index in [1.165, 1.54) is 5.56 Å². The minimum Gasteiger partial charge on any atom is -0.310 e. The van der Waals surface area contributed by atoms with E-state index in [0.717, 1.165) is 73.3 Å². The molecular weight excluding hydrogens is 699 g/mol. The monoisotopic (exact) mass is 743 g/mol. The lowest BCUT2D eigenvalue weighted by molar-refractivity contribution is 0.720. The fourth-order valence-electron chi connectivity index (χ4n) is 7.59. The van der Waals surface area contributed by atoms with Gasteiger partial charge in [0.1, 0.15) is 11.6 Å². The van der Waals surface area contributed by atoms with Crippen LogP contribution in [0.5, 0.6) is 0 Å². The second-order valence-electron chi connectivity index (χ2n) is 16.0. The van der Waals surface area contributed by atoms with Crippen molar-refractivity contribution in [3.63, 3.8) is 0 Å². The van der Waals surface area contributed by atoms with Gasteiger partial charge in [0.2, 0.25) is 0 Å². The Morgan fingerprint density at radius 1 is 0.446 bits per heavy atom. The Bertz CT molecular complexity index is 2810. The molecule has 6 heteroatoms. The van der Waals surface area contributed by atoms with Gasteiger partial charge in [-0.1, -0.05) is 131 Å². The van der Waals surface area contributed by atoms with Gasteiger partial charge in [0, 0.05) is 39.6 Å². The lowest BCUT2D eigenvalue weighted by Crippen LogP contribution is -2.44. The summed E-state index contributed by atoms with van der Waals surface area (Å²) in [6, 6.07) is 64.5.